The highest BCUT2D eigenvalue weighted by atomic mass is 16.5. The smallest absolute Gasteiger partial charge is 0.160 e. The summed E-state index contributed by atoms with van der Waals surface area (Å²) in [6, 6.07) is 5.26. The third kappa shape index (κ3) is 2.19. The van der Waals surface area contributed by atoms with E-state index in [-0.39, 0.29) is 17.5 Å². The van der Waals surface area contributed by atoms with E-state index in [1.807, 2.05) is 18.2 Å². The zero-order valence-corrected chi connectivity index (χ0v) is 12.1. The number of allylic oxidation sites excluding steroid dienone is 7. The first kappa shape index (κ1) is 13.1. The SMILES string of the molecule is O=C1C=CC=C(C2=CCC=C3Oc4cc(O)ccc4CC32)C1. The molecule has 0 aromatic heterocycles. The zero-order chi connectivity index (χ0) is 15.1. The standard InChI is InChI=1S/C19H16O3/c20-14-4-1-3-12(9-14)16-5-2-6-18-17(16)10-13-7-8-15(21)11-19(13)22-18/h1,3-8,11,17,21H,2,9-10H2. The van der Waals surface area contributed by atoms with Crippen LogP contribution < -0.4 is 4.74 Å². The van der Waals surface area contributed by atoms with E-state index in [0.717, 1.165) is 35.5 Å². The van der Waals surface area contributed by atoms with Gasteiger partial charge >= 0.3 is 0 Å². The Kier molecular flexibility index (Phi) is 3.00. The molecule has 1 N–H and O–H groups in total. The Labute approximate surface area is 128 Å². The van der Waals surface area contributed by atoms with Crippen molar-refractivity contribution in [2.75, 3.05) is 0 Å². The molecule has 0 saturated heterocycles. The maximum absolute atomic E-state index is 11.7. The van der Waals surface area contributed by atoms with E-state index in [1.165, 1.54) is 5.57 Å². The van der Waals surface area contributed by atoms with Crippen molar-refractivity contribution >= 4 is 5.78 Å². The Bertz CT molecular complexity index is 778. The minimum Gasteiger partial charge on any atom is -0.508 e. The van der Waals surface area contributed by atoms with Crippen molar-refractivity contribution in [2.24, 2.45) is 5.92 Å². The minimum absolute atomic E-state index is 0.150. The number of carbonyl (C=O) groups excluding carboxylic acids is 1. The van der Waals surface area contributed by atoms with Gasteiger partial charge in [-0.3, -0.25) is 4.79 Å². The summed E-state index contributed by atoms with van der Waals surface area (Å²) in [4.78, 5) is 11.7. The predicted molar refractivity (Wildman–Crippen MR) is 83.6 cm³/mol. The van der Waals surface area contributed by atoms with Gasteiger partial charge in [-0.15, -0.1) is 0 Å². The Hall–Kier alpha value is -2.55. The predicted octanol–water partition coefficient (Wildman–Crippen LogP) is 3.61. The third-order valence-corrected chi connectivity index (χ3v) is 4.39. The van der Waals surface area contributed by atoms with Gasteiger partial charge in [-0.25, -0.2) is 0 Å². The molecule has 4 rings (SSSR count). The first-order valence-corrected chi connectivity index (χ1v) is 7.51. The van der Waals surface area contributed by atoms with E-state index < -0.39 is 0 Å². The molecule has 1 atom stereocenters. The van der Waals surface area contributed by atoms with Gasteiger partial charge in [-0.2, -0.15) is 0 Å². The average molecular weight is 292 g/mol. The summed E-state index contributed by atoms with van der Waals surface area (Å²) >= 11 is 0. The highest BCUT2D eigenvalue weighted by Crippen LogP contribution is 2.42. The molecule has 1 aromatic carbocycles. The van der Waals surface area contributed by atoms with E-state index in [0.29, 0.717) is 6.42 Å². The van der Waals surface area contributed by atoms with E-state index in [2.05, 4.69) is 12.2 Å². The van der Waals surface area contributed by atoms with Gasteiger partial charge in [0.25, 0.3) is 0 Å². The summed E-state index contributed by atoms with van der Waals surface area (Å²) in [6.45, 7) is 0. The van der Waals surface area contributed by atoms with Crippen LogP contribution in [0.1, 0.15) is 18.4 Å². The molecule has 0 amide bonds. The number of aromatic hydroxyl groups is 1. The van der Waals surface area contributed by atoms with Crippen molar-refractivity contribution in [3.05, 3.63) is 71.0 Å². The number of phenols is 1. The number of fused-ring (bicyclic) bond motifs is 2. The van der Waals surface area contributed by atoms with Gasteiger partial charge in [0, 0.05) is 18.4 Å². The molecule has 3 aliphatic rings. The van der Waals surface area contributed by atoms with Crippen molar-refractivity contribution in [1.82, 2.24) is 0 Å². The molecular weight excluding hydrogens is 276 g/mol. The van der Waals surface area contributed by atoms with Crippen molar-refractivity contribution in [3.63, 3.8) is 0 Å². The highest BCUT2D eigenvalue weighted by Gasteiger charge is 2.31. The van der Waals surface area contributed by atoms with Gasteiger partial charge in [0.15, 0.2) is 5.78 Å². The number of carbonyl (C=O) groups is 1. The van der Waals surface area contributed by atoms with Crippen LogP contribution >= 0.6 is 0 Å². The van der Waals surface area contributed by atoms with Gasteiger partial charge in [0.2, 0.25) is 0 Å². The lowest BCUT2D eigenvalue weighted by Crippen LogP contribution is -2.24. The molecule has 0 saturated carbocycles. The van der Waals surface area contributed by atoms with Gasteiger partial charge in [-0.05, 0) is 47.8 Å². The topological polar surface area (TPSA) is 46.5 Å². The quantitative estimate of drug-likeness (QED) is 0.860. The van der Waals surface area contributed by atoms with Crippen molar-refractivity contribution < 1.29 is 14.6 Å². The molecular formula is C19H16O3. The lowest BCUT2D eigenvalue weighted by molar-refractivity contribution is -0.114. The number of ether oxygens (including phenoxy) is 1. The molecule has 22 heavy (non-hydrogen) atoms. The molecule has 0 bridgehead atoms. The lowest BCUT2D eigenvalue weighted by atomic mass is 9.79. The first-order valence-electron chi connectivity index (χ1n) is 7.51. The van der Waals surface area contributed by atoms with E-state index in [1.54, 1.807) is 18.2 Å². The van der Waals surface area contributed by atoms with Crippen LogP contribution in [0, 0.1) is 5.92 Å². The van der Waals surface area contributed by atoms with E-state index in [4.69, 9.17) is 4.74 Å². The van der Waals surface area contributed by atoms with E-state index in [9.17, 15) is 9.90 Å². The second kappa shape index (κ2) is 5.02. The van der Waals surface area contributed by atoms with Crippen LogP contribution in [0.2, 0.25) is 0 Å². The molecule has 2 aliphatic carbocycles. The second-order valence-corrected chi connectivity index (χ2v) is 5.85. The molecule has 0 fully saturated rings. The molecule has 1 aliphatic heterocycles. The van der Waals surface area contributed by atoms with Crippen molar-refractivity contribution in [3.8, 4) is 11.5 Å². The Morgan fingerprint density at radius 1 is 1.23 bits per heavy atom. The summed E-state index contributed by atoms with van der Waals surface area (Å²) in [7, 11) is 0. The number of phenolic OH excluding ortho intramolecular Hbond substituents is 1. The molecule has 0 spiro atoms. The average Bonchev–Trinajstić information content (AvgIpc) is 2.52. The van der Waals surface area contributed by atoms with Gasteiger partial charge in [-0.1, -0.05) is 24.3 Å². The molecule has 1 aromatic rings. The summed E-state index contributed by atoms with van der Waals surface area (Å²) in [5.74, 6) is 2.19. The largest absolute Gasteiger partial charge is 0.508 e. The van der Waals surface area contributed by atoms with Crippen LogP contribution in [0.15, 0.2) is 65.5 Å². The lowest BCUT2D eigenvalue weighted by Gasteiger charge is -2.33. The van der Waals surface area contributed by atoms with Crippen molar-refractivity contribution in [1.29, 1.82) is 0 Å². The Balaban J connectivity index is 1.69. The molecule has 3 nitrogen and oxygen atoms in total. The first-order chi connectivity index (χ1) is 10.7. The Morgan fingerprint density at radius 2 is 2.14 bits per heavy atom. The van der Waals surface area contributed by atoms with Gasteiger partial charge < -0.3 is 9.84 Å². The fourth-order valence-electron chi connectivity index (χ4n) is 3.35. The normalized spacial score (nSPS) is 22.8. The summed E-state index contributed by atoms with van der Waals surface area (Å²) in [5.41, 5.74) is 3.38. The summed E-state index contributed by atoms with van der Waals surface area (Å²) in [6.07, 6.45) is 11.9. The monoisotopic (exact) mass is 292 g/mol. The van der Waals surface area contributed by atoms with Crippen LogP contribution in [0.25, 0.3) is 0 Å². The van der Waals surface area contributed by atoms with Crippen LogP contribution in [0.5, 0.6) is 11.5 Å². The van der Waals surface area contributed by atoms with Crippen molar-refractivity contribution in [2.45, 2.75) is 19.3 Å². The zero-order valence-electron chi connectivity index (χ0n) is 12.1. The molecule has 1 heterocycles. The fraction of sp³-hybridized carbons (Fsp3) is 0.211. The molecule has 110 valence electrons. The van der Waals surface area contributed by atoms with Crippen LogP contribution in [-0.4, -0.2) is 10.9 Å². The maximum atomic E-state index is 11.7. The minimum atomic E-state index is 0.150. The van der Waals surface area contributed by atoms with Crippen LogP contribution in [0.3, 0.4) is 0 Å². The fourth-order valence-corrected chi connectivity index (χ4v) is 3.35. The summed E-state index contributed by atoms with van der Waals surface area (Å²) < 4.78 is 5.99. The van der Waals surface area contributed by atoms with Crippen LogP contribution in [-0.2, 0) is 11.2 Å². The number of rotatable bonds is 1. The Morgan fingerprint density at radius 3 is 3.00 bits per heavy atom. The molecule has 3 heteroatoms. The van der Waals surface area contributed by atoms with E-state index >= 15 is 0 Å². The third-order valence-electron chi connectivity index (χ3n) is 4.39. The summed E-state index contributed by atoms with van der Waals surface area (Å²) in [5, 5.41) is 9.60. The van der Waals surface area contributed by atoms with Crippen LogP contribution in [0.4, 0.5) is 0 Å². The van der Waals surface area contributed by atoms with Gasteiger partial charge in [0.05, 0.1) is 0 Å². The highest BCUT2D eigenvalue weighted by molar-refractivity contribution is 5.93. The molecule has 0 radical (unpaired) electrons. The number of hydrogen-bond acceptors (Lipinski definition) is 3. The number of ketones is 1. The second-order valence-electron chi connectivity index (χ2n) is 5.85. The number of hydrogen-bond donors (Lipinski definition) is 1. The maximum Gasteiger partial charge on any atom is 0.160 e. The number of benzene rings is 1. The van der Waals surface area contributed by atoms with Gasteiger partial charge in [0.1, 0.15) is 17.3 Å². The molecule has 1 unspecified atom stereocenters.